The van der Waals surface area contributed by atoms with Crippen LogP contribution < -0.4 is 10.1 Å². The lowest BCUT2D eigenvalue weighted by atomic mass is 10.1. The summed E-state index contributed by atoms with van der Waals surface area (Å²) in [5.41, 5.74) is 1.21. The Morgan fingerprint density at radius 2 is 1.90 bits per heavy atom. The van der Waals surface area contributed by atoms with Crippen molar-refractivity contribution < 1.29 is 9.47 Å². The molecule has 5 heteroatoms. The third-order valence-corrected chi connectivity index (χ3v) is 4.34. The highest BCUT2D eigenvalue weighted by molar-refractivity contribution is 9.11. The molecule has 0 saturated heterocycles. The maximum absolute atomic E-state index is 5.95. The number of hydrogen-bond donors (Lipinski definition) is 1. The Balaban J connectivity index is 2.58. The van der Waals surface area contributed by atoms with Gasteiger partial charge < -0.3 is 14.8 Å². The molecule has 1 aromatic rings. The van der Waals surface area contributed by atoms with Gasteiger partial charge in [0.2, 0.25) is 0 Å². The predicted octanol–water partition coefficient (Wildman–Crippen LogP) is 4.76. The van der Waals surface area contributed by atoms with Crippen LogP contribution in [-0.2, 0) is 11.3 Å². The van der Waals surface area contributed by atoms with Crippen LogP contribution in [0.25, 0.3) is 0 Å². The van der Waals surface area contributed by atoms with Crippen molar-refractivity contribution >= 4 is 31.9 Å². The fourth-order valence-electron chi connectivity index (χ4n) is 2.06. The molecule has 0 fully saturated rings. The van der Waals surface area contributed by atoms with Gasteiger partial charge in [0, 0.05) is 20.2 Å². The summed E-state index contributed by atoms with van der Waals surface area (Å²) in [7, 11) is 1.71. The minimum absolute atomic E-state index is 0.573. The smallest absolute Gasteiger partial charge is 0.147 e. The Morgan fingerprint density at radius 1 is 1.24 bits per heavy atom. The molecule has 1 rings (SSSR count). The van der Waals surface area contributed by atoms with Gasteiger partial charge in [0.25, 0.3) is 0 Å². The highest BCUT2D eigenvalue weighted by atomic mass is 79.9. The van der Waals surface area contributed by atoms with Gasteiger partial charge in [-0.3, -0.25) is 0 Å². The van der Waals surface area contributed by atoms with E-state index in [0.29, 0.717) is 5.92 Å². The zero-order chi connectivity index (χ0) is 15.7. The van der Waals surface area contributed by atoms with Gasteiger partial charge in [0.05, 0.1) is 22.2 Å². The van der Waals surface area contributed by atoms with E-state index in [-0.39, 0.29) is 0 Å². The summed E-state index contributed by atoms with van der Waals surface area (Å²) in [5, 5.41) is 3.34. The predicted molar refractivity (Wildman–Crippen MR) is 95.0 cm³/mol. The molecule has 0 aliphatic rings. The molecule has 120 valence electrons. The van der Waals surface area contributed by atoms with Crippen molar-refractivity contribution in [2.24, 2.45) is 5.92 Å². The maximum Gasteiger partial charge on any atom is 0.147 e. The molecule has 21 heavy (non-hydrogen) atoms. The summed E-state index contributed by atoms with van der Waals surface area (Å²) in [6.45, 7) is 7.55. The number of nitrogens with one attached hydrogen (secondary N) is 1. The van der Waals surface area contributed by atoms with E-state index in [9.17, 15) is 0 Å². The average molecular weight is 423 g/mol. The lowest BCUT2D eigenvalue weighted by molar-refractivity contribution is 0.199. The van der Waals surface area contributed by atoms with Crippen molar-refractivity contribution in [3.63, 3.8) is 0 Å². The Morgan fingerprint density at radius 3 is 2.48 bits per heavy atom. The first-order chi connectivity index (χ1) is 10.1. The van der Waals surface area contributed by atoms with Gasteiger partial charge in [-0.15, -0.1) is 0 Å². The number of halogens is 2. The number of benzene rings is 1. The Hall–Kier alpha value is -0.100. The molecule has 0 radical (unpaired) electrons. The second kappa shape index (κ2) is 10.6. The standard InChI is InChI=1S/C16H25Br2NO2/c1-4-5-12(2)11-21-16-14(17)8-13(9-15(16)18)10-19-6-7-20-3/h8-9,12,19H,4-7,10-11H2,1-3H3. The van der Waals surface area contributed by atoms with Gasteiger partial charge in [0.15, 0.2) is 0 Å². The minimum atomic E-state index is 0.573. The highest BCUT2D eigenvalue weighted by Gasteiger charge is 2.11. The molecular formula is C16H25Br2NO2. The quantitative estimate of drug-likeness (QED) is 0.551. The second-order valence-corrected chi connectivity index (χ2v) is 6.97. The van der Waals surface area contributed by atoms with Gasteiger partial charge in [-0.25, -0.2) is 0 Å². The molecule has 0 spiro atoms. The molecule has 1 atom stereocenters. The molecule has 1 unspecified atom stereocenters. The van der Waals surface area contributed by atoms with Gasteiger partial charge in [-0.05, 0) is 61.9 Å². The maximum atomic E-state index is 5.95. The fourth-order valence-corrected chi connectivity index (χ4v) is 3.57. The summed E-state index contributed by atoms with van der Waals surface area (Å²) < 4.78 is 12.9. The Labute approximate surface area is 145 Å². The van der Waals surface area contributed by atoms with Gasteiger partial charge in [0.1, 0.15) is 5.75 Å². The summed E-state index contributed by atoms with van der Waals surface area (Å²) >= 11 is 7.20. The van der Waals surface area contributed by atoms with E-state index in [1.807, 2.05) is 0 Å². The number of ether oxygens (including phenoxy) is 2. The van der Waals surface area contributed by atoms with E-state index >= 15 is 0 Å². The molecule has 0 amide bonds. The van der Waals surface area contributed by atoms with Crippen LogP contribution in [0.2, 0.25) is 0 Å². The van der Waals surface area contributed by atoms with Crippen molar-refractivity contribution in [3.05, 3.63) is 26.6 Å². The molecule has 1 N–H and O–H groups in total. The molecule has 0 aliphatic carbocycles. The van der Waals surface area contributed by atoms with Crippen LogP contribution in [0, 0.1) is 5.92 Å². The van der Waals surface area contributed by atoms with E-state index in [2.05, 4.69) is 63.2 Å². The van der Waals surface area contributed by atoms with Crippen LogP contribution in [0.4, 0.5) is 0 Å². The van der Waals surface area contributed by atoms with E-state index in [1.54, 1.807) is 7.11 Å². The van der Waals surface area contributed by atoms with E-state index < -0.39 is 0 Å². The lowest BCUT2D eigenvalue weighted by Crippen LogP contribution is -2.18. The van der Waals surface area contributed by atoms with Gasteiger partial charge >= 0.3 is 0 Å². The SMILES string of the molecule is CCCC(C)COc1c(Br)cc(CNCCOC)cc1Br. The zero-order valence-electron chi connectivity index (χ0n) is 13.0. The normalized spacial score (nSPS) is 12.4. The van der Waals surface area contributed by atoms with Crippen molar-refractivity contribution in [1.29, 1.82) is 0 Å². The topological polar surface area (TPSA) is 30.5 Å². The van der Waals surface area contributed by atoms with Crippen LogP contribution in [0.5, 0.6) is 5.75 Å². The molecule has 0 bridgehead atoms. The van der Waals surface area contributed by atoms with Crippen LogP contribution in [0.3, 0.4) is 0 Å². The molecule has 0 saturated carbocycles. The fraction of sp³-hybridized carbons (Fsp3) is 0.625. The van der Waals surface area contributed by atoms with Crippen molar-refractivity contribution in [2.75, 3.05) is 26.9 Å². The largest absolute Gasteiger partial charge is 0.491 e. The van der Waals surface area contributed by atoms with Gasteiger partial charge in [-0.1, -0.05) is 20.3 Å². The number of methoxy groups -OCH3 is 1. The molecule has 3 nitrogen and oxygen atoms in total. The van der Waals surface area contributed by atoms with Crippen molar-refractivity contribution in [2.45, 2.75) is 33.2 Å². The summed E-state index contributed by atoms with van der Waals surface area (Å²) in [6.07, 6.45) is 2.38. The van der Waals surface area contributed by atoms with Crippen LogP contribution >= 0.6 is 31.9 Å². The first kappa shape index (κ1) is 18.9. The van der Waals surface area contributed by atoms with Gasteiger partial charge in [-0.2, -0.15) is 0 Å². The third-order valence-electron chi connectivity index (χ3n) is 3.16. The Bertz CT molecular complexity index is 404. The monoisotopic (exact) mass is 421 g/mol. The molecule has 1 aromatic carbocycles. The minimum Gasteiger partial charge on any atom is -0.491 e. The molecule has 0 aliphatic heterocycles. The van der Waals surface area contributed by atoms with Crippen LogP contribution in [0.1, 0.15) is 32.3 Å². The van der Waals surface area contributed by atoms with E-state index in [1.165, 1.54) is 18.4 Å². The van der Waals surface area contributed by atoms with E-state index in [4.69, 9.17) is 9.47 Å². The highest BCUT2D eigenvalue weighted by Crippen LogP contribution is 2.35. The van der Waals surface area contributed by atoms with Crippen molar-refractivity contribution in [1.82, 2.24) is 5.32 Å². The lowest BCUT2D eigenvalue weighted by Gasteiger charge is -2.16. The molecule has 0 aromatic heterocycles. The first-order valence-corrected chi connectivity index (χ1v) is 8.97. The molecular weight excluding hydrogens is 398 g/mol. The second-order valence-electron chi connectivity index (χ2n) is 5.26. The summed E-state index contributed by atoms with van der Waals surface area (Å²) in [4.78, 5) is 0. The number of hydrogen-bond acceptors (Lipinski definition) is 3. The first-order valence-electron chi connectivity index (χ1n) is 7.38. The Kier molecular flexibility index (Phi) is 9.56. The van der Waals surface area contributed by atoms with Crippen LogP contribution in [-0.4, -0.2) is 26.9 Å². The summed E-state index contributed by atoms with van der Waals surface area (Å²) in [5.74, 6) is 1.46. The van der Waals surface area contributed by atoms with E-state index in [0.717, 1.165) is 41.0 Å². The molecule has 0 heterocycles. The average Bonchev–Trinajstić information content (AvgIpc) is 2.43. The van der Waals surface area contributed by atoms with Crippen molar-refractivity contribution in [3.8, 4) is 5.75 Å². The third kappa shape index (κ3) is 7.13. The summed E-state index contributed by atoms with van der Waals surface area (Å²) in [6, 6.07) is 4.20. The zero-order valence-corrected chi connectivity index (χ0v) is 16.2. The number of rotatable bonds is 10. The van der Waals surface area contributed by atoms with Crippen LogP contribution in [0.15, 0.2) is 21.1 Å².